The van der Waals surface area contributed by atoms with E-state index in [1.165, 1.54) is 17.9 Å². The molecule has 0 saturated carbocycles. The van der Waals surface area contributed by atoms with Crippen LogP contribution in [-0.4, -0.2) is 72.2 Å². The van der Waals surface area contributed by atoms with Crippen LogP contribution in [0.5, 0.6) is 0 Å². The molecule has 2 fully saturated rings. The van der Waals surface area contributed by atoms with E-state index in [0.29, 0.717) is 54.2 Å². The van der Waals surface area contributed by atoms with Gasteiger partial charge in [-0.25, -0.2) is 14.2 Å². The van der Waals surface area contributed by atoms with Crippen LogP contribution in [-0.2, 0) is 9.53 Å². The third-order valence-electron chi connectivity index (χ3n) is 5.41. The lowest BCUT2D eigenvalue weighted by Crippen LogP contribution is -2.48. The molecule has 3 heterocycles. The normalized spacial score (nSPS) is 18.7. The molecule has 1 aromatic heterocycles. The van der Waals surface area contributed by atoms with E-state index in [2.05, 4.69) is 10.3 Å². The Morgan fingerprint density at radius 2 is 2.06 bits per heavy atom. The van der Waals surface area contributed by atoms with Gasteiger partial charge in [-0.15, -0.1) is 0 Å². The van der Waals surface area contributed by atoms with E-state index in [4.69, 9.17) is 21.4 Å². The van der Waals surface area contributed by atoms with Gasteiger partial charge in [-0.2, -0.15) is 0 Å². The molecule has 2 saturated heterocycles. The predicted octanol–water partition coefficient (Wildman–Crippen LogP) is 2.08. The van der Waals surface area contributed by atoms with Crippen molar-refractivity contribution in [3.8, 4) is 0 Å². The summed E-state index contributed by atoms with van der Waals surface area (Å²) in [5, 5.41) is 2.62. The van der Waals surface area contributed by atoms with E-state index in [0.717, 1.165) is 0 Å². The summed E-state index contributed by atoms with van der Waals surface area (Å²) in [6, 6.07) is 4.71. The van der Waals surface area contributed by atoms with E-state index in [9.17, 15) is 14.0 Å². The summed E-state index contributed by atoms with van der Waals surface area (Å²) in [6.07, 6.45) is 0.599. The molecule has 1 N–H and O–H groups in total. The molecule has 170 valence electrons. The van der Waals surface area contributed by atoms with Gasteiger partial charge in [0.25, 0.3) is 5.89 Å². The number of aromatic nitrogens is 1. The fourth-order valence-electron chi connectivity index (χ4n) is 3.76. The fourth-order valence-corrected chi connectivity index (χ4v) is 4.03. The number of aryl methyl sites for hydroxylation is 1. The van der Waals surface area contributed by atoms with Crippen molar-refractivity contribution >= 4 is 40.6 Å². The van der Waals surface area contributed by atoms with Crippen LogP contribution in [0.15, 0.2) is 28.8 Å². The third kappa shape index (κ3) is 4.67. The molecular formula is C21H24FN5O4S. The van der Waals surface area contributed by atoms with Crippen LogP contribution in [0.1, 0.15) is 18.6 Å². The first-order valence-corrected chi connectivity index (χ1v) is 10.7. The highest BCUT2D eigenvalue weighted by atomic mass is 32.1. The molecule has 2 aromatic rings. The summed E-state index contributed by atoms with van der Waals surface area (Å²) >= 11 is 5.47. The number of hydrogen-bond donors (Lipinski definition) is 1. The Labute approximate surface area is 190 Å². The lowest BCUT2D eigenvalue weighted by atomic mass is 10.2. The quantitative estimate of drug-likeness (QED) is 0.677. The topological polar surface area (TPSA) is 91.2 Å². The van der Waals surface area contributed by atoms with Gasteiger partial charge in [0.15, 0.2) is 4.99 Å². The van der Waals surface area contributed by atoms with Gasteiger partial charge in [0, 0.05) is 33.1 Å². The van der Waals surface area contributed by atoms with Gasteiger partial charge in [-0.1, -0.05) is 12.2 Å². The van der Waals surface area contributed by atoms with Crippen LogP contribution in [0.2, 0.25) is 0 Å². The number of ether oxygens (including phenoxy) is 1. The second kappa shape index (κ2) is 9.11. The number of thiocarbonyl (C=S) groups is 1. The molecule has 0 unspecified atom stereocenters. The van der Waals surface area contributed by atoms with Gasteiger partial charge < -0.3 is 24.3 Å². The fraction of sp³-hybridized carbons (Fsp3) is 0.429. The maximum absolute atomic E-state index is 14.9. The number of amides is 2. The maximum Gasteiger partial charge on any atom is 0.414 e. The minimum absolute atomic E-state index is 0.203. The molecule has 0 spiro atoms. The SMILES string of the molecule is CC(=O)NC[C@H]1CN(c2ccc(N3CCN(C(=S)c4ncc(C)o4)CC3)c(F)c2)C(=O)O1. The zero-order chi connectivity index (χ0) is 22.8. The van der Waals surface area contributed by atoms with Crippen molar-refractivity contribution < 1.29 is 23.1 Å². The van der Waals surface area contributed by atoms with Crippen molar-refractivity contribution in [2.75, 3.05) is 49.1 Å². The number of benzene rings is 1. The van der Waals surface area contributed by atoms with Crippen molar-refractivity contribution in [2.45, 2.75) is 20.0 Å². The number of halogens is 1. The molecule has 4 rings (SSSR count). The summed E-state index contributed by atoms with van der Waals surface area (Å²) in [6.45, 7) is 6.07. The molecule has 11 heteroatoms. The van der Waals surface area contributed by atoms with E-state index in [-0.39, 0.29) is 19.0 Å². The second-order valence-corrected chi connectivity index (χ2v) is 8.13. The first-order chi connectivity index (χ1) is 15.3. The van der Waals surface area contributed by atoms with Crippen LogP contribution in [0.25, 0.3) is 0 Å². The molecule has 9 nitrogen and oxygen atoms in total. The largest absolute Gasteiger partial charge is 0.442 e. The Balaban J connectivity index is 1.37. The Morgan fingerprint density at radius 1 is 1.31 bits per heavy atom. The van der Waals surface area contributed by atoms with Crippen LogP contribution >= 0.6 is 12.2 Å². The van der Waals surface area contributed by atoms with Crippen molar-refractivity contribution in [1.82, 2.24) is 15.2 Å². The van der Waals surface area contributed by atoms with E-state index >= 15 is 0 Å². The highest BCUT2D eigenvalue weighted by Gasteiger charge is 2.33. The standard InChI is InChI=1S/C21H24FN5O4S/c1-13-10-24-19(30-13)20(32)26-7-5-25(6-8-26)18-4-3-15(9-17(18)22)27-12-16(31-21(27)29)11-23-14(2)28/h3-4,9-10,16H,5-8,11-12H2,1-2H3,(H,23,28)/t16-/m0/s1. The second-order valence-electron chi connectivity index (χ2n) is 7.74. The summed E-state index contributed by atoms with van der Waals surface area (Å²) < 4.78 is 25.7. The van der Waals surface area contributed by atoms with E-state index < -0.39 is 18.0 Å². The first kappa shape index (κ1) is 22.0. The van der Waals surface area contributed by atoms with Crippen molar-refractivity contribution in [2.24, 2.45) is 0 Å². The molecule has 0 radical (unpaired) electrons. The van der Waals surface area contributed by atoms with Crippen molar-refractivity contribution in [3.63, 3.8) is 0 Å². The molecule has 0 bridgehead atoms. The molecule has 2 amide bonds. The third-order valence-corrected chi connectivity index (χ3v) is 5.84. The van der Waals surface area contributed by atoms with E-state index in [1.807, 2.05) is 16.7 Å². The van der Waals surface area contributed by atoms with Gasteiger partial charge in [0.2, 0.25) is 5.91 Å². The summed E-state index contributed by atoms with van der Waals surface area (Å²) in [7, 11) is 0. The number of rotatable bonds is 5. The van der Waals surface area contributed by atoms with Crippen LogP contribution in [0.3, 0.4) is 0 Å². The van der Waals surface area contributed by atoms with Crippen molar-refractivity contribution in [3.05, 3.63) is 41.9 Å². The highest BCUT2D eigenvalue weighted by molar-refractivity contribution is 7.80. The number of nitrogens with one attached hydrogen (secondary N) is 1. The molecule has 0 aliphatic carbocycles. The summed E-state index contributed by atoms with van der Waals surface area (Å²) in [5.41, 5.74) is 0.884. The number of nitrogens with zero attached hydrogens (tertiary/aromatic N) is 4. The number of hydrogen-bond acceptors (Lipinski definition) is 7. The molecule has 32 heavy (non-hydrogen) atoms. The first-order valence-electron chi connectivity index (χ1n) is 10.3. The average Bonchev–Trinajstić information content (AvgIpc) is 3.37. The highest BCUT2D eigenvalue weighted by Crippen LogP contribution is 2.28. The molecule has 1 aromatic carbocycles. The molecule has 2 aliphatic heterocycles. The van der Waals surface area contributed by atoms with Crippen LogP contribution in [0, 0.1) is 12.7 Å². The van der Waals surface area contributed by atoms with Gasteiger partial charge in [0.1, 0.15) is 17.7 Å². The summed E-state index contributed by atoms with van der Waals surface area (Å²) in [5.74, 6) is 0.508. The van der Waals surface area contributed by atoms with Gasteiger partial charge in [-0.3, -0.25) is 9.69 Å². The number of carbonyl (C=O) groups is 2. The van der Waals surface area contributed by atoms with Crippen LogP contribution < -0.4 is 15.1 Å². The maximum atomic E-state index is 14.9. The zero-order valence-corrected chi connectivity index (χ0v) is 18.7. The lowest BCUT2D eigenvalue weighted by molar-refractivity contribution is -0.119. The minimum atomic E-state index is -0.559. The molecule has 2 aliphatic rings. The predicted molar refractivity (Wildman–Crippen MR) is 119 cm³/mol. The van der Waals surface area contributed by atoms with Gasteiger partial charge in [0.05, 0.1) is 30.7 Å². The average molecular weight is 462 g/mol. The monoisotopic (exact) mass is 461 g/mol. The van der Waals surface area contributed by atoms with Gasteiger partial charge >= 0.3 is 6.09 Å². The Morgan fingerprint density at radius 3 is 2.69 bits per heavy atom. The number of oxazole rings is 1. The Kier molecular flexibility index (Phi) is 6.26. The number of piperazine rings is 1. The molecule has 1 atom stereocenters. The number of cyclic esters (lactones) is 1. The number of anilines is 2. The minimum Gasteiger partial charge on any atom is -0.442 e. The lowest BCUT2D eigenvalue weighted by Gasteiger charge is -2.37. The number of carbonyl (C=O) groups excluding carboxylic acids is 2. The van der Waals surface area contributed by atoms with Gasteiger partial charge in [-0.05, 0) is 25.1 Å². The Bertz CT molecular complexity index is 1040. The Hall–Kier alpha value is -3.21. The van der Waals surface area contributed by atoms with Crippen molar-refractivity contribution in [1.29, 1.82) is 0 Å². The smallest absolute Gasteiger partial charge is 0.414 e. The zero-order valence-electron chi connectivity index (χ0n) is 17.8. The van der Waals surface area contributed by atoms with Crippen LogP contribution in [0.4, 0.5) is 20.6 Å². The molecular weight excluding hydrogens is 437 g/mol. The van der Waals surface area contributed by atoms with E-state index in [1.54, 1.807) is 18.3 Å². The summed E-state index contributed by atoms with van der Waals surface area (Å²) in [4.78, 5) is 33.3.